The highest BCUT2D eigenvalue weighted by Gasteiger charge is 2.00. The van der Waals surface area contributed by atoms with Gasteiger partial charge in [-0.05, 0) is 6.08 Å². The number of rotatable bonds is 0. The van der Waals surface area contributed by atoms with Crippen LogP contribution >= 0.6 is 28.3 Å². The molecule has 0 radical (unpaired) electrons. The van der Waals surface area contributed by atoms with Crippen molar-refractivity contribution in [1.29, 1.82) is 0 Å². The lowest BCUT2D eigenvalue weighted by molar-refractivity contribution is -0.135. The average Bonchev–Trinajstić information content (AvgIpc) is 2.24. The van der Waals surface area contributed by atoms with Gasteiger partial charge in [-0.1, -0.05) is 0 Å². The fourth-order valence-corrected chi connectivity index (χ4v) is 0.316. The largest absolute Gasteiger partial charge is 0.435 e. The maximum Gasteiger partial charge on any atom is 0.314 e. The Balaban J connectivity index is 0.000000222. The third kappa shape index (κ3) is 3.21. The Morgan fingerprint density at radius 3 is 2.38 bits per heavy atom. The SMILES string of the molecule is BrBr.O=C1CC=CO1. The van der Waals surface area contributed by atoms with Crippen molar-refractivity contribution in [1.82, 2.24) is 0 Å². The van der Waals surface area contributed by atoms with E-state index in [-0.39, 0.29) is 5.97 Å². The molecule has 0 spiro atoms. The zero-order chi connectivity index (χ0) is 6.41. The van der Waals surface area contributed by atoms with Crippen LogP contribution in [-0.4, -0.2) is 5.97 Å². The van der Waals surface area contributed by atoms with Crippen LogP contribution in [0.2, 0.25) is 0 Å². The van der Waals surface area contributed by atoms with E-state index in [9.17, 15) is 4.79 Å². The minimum absolute atomic E-state index is 0.157. The molecule has 0 aliphatic carbocycles. The highest BCUT2D eigenvalue weighted by atomic mass is 80.9. The van der Waals surface area contributed by atoms with E-state index in [2.05, 4.69) is 33.0 Å². The van der Waals surface area contributed by atoms with Gasteiger partial charge in [0.05, 0.1) is 12.7 Å². The number of hydrogen-bond donors (Lipinski definition) is 0. The molecule has 1 rings (SSSR count). The van der Waals surface area contributed by atoms with Crippen molar-refractivity contribution in [3.05, 3.63) is 12.3 Å². The van der Waals surface area contributed by atoms with Crippen LogP contribution in [0.25, 0.3) is 0 Å². The van der Waals surface area contributed by atoms with Crippen molar-refractivity contribution >= 4 is 34.2 Å². The fraction of sp³-hybridized carbons (Fsp3) is 0.250. The molecule has 0 saturated carbocycles. The minimum Gasteiger partial charge on any atom is -0.435 e. The monoisotopic (exact) mass is 242 g/mol. The lowest BCUT2D eigenvalue weighted by atomic mass is 10.5. The van der Waals surface area contributed by atoms with Crippen LogP contribution in [0, 0.1) is 0 Å². The predicted octanol–water partition coefficient (Wildman–Crippen LogP) is 2.14. The summed E-state index contributed by atoms with van der Waals surface area (Å²) in [4.78, 5) is 9.96. The van der Waals surface area contributed by atoms with E-state index in [1.165, 1.54) is 6.26 Å². The summed E-state index contributed by atoms with van der Waals surface area (Å²) in [6.07, 6.45) is 3.53. The van der Waals surface area contributed by atoms with Crippen molar-refractivity contribution in [2.45, 2.75) is 6.42 Å². The number of ether oxygens (including phenoxy) is 1. The van der Waals surface area contributed by atoms with Gasteiger partial charge in [0.15, 0.2) is 0 Å². The molecule has 0 aromatic rings. The third-order valence-electron chi connectivity index (χ3n) is 0.580. The van der Waals surface area contributed by atoms with Crippen molar-refractivity contribution in [3.63, 3.8) is 0 Å². The summed E-state index contributed by atoms with van der Waals surface area (Å²) >= 11 is 5.50. The summed E-state index contributed by atoms with van der Waals surface area (Å²) in [5.74, 6) is -0.157. The molecule has 0 aromatic heterocycles. The predicted molar refractivity (Wildman–Crippen MR) is 37.7 cm³/mol. The highest BCUT2D eigenvalue weighted by Crippen LogP contribution is 1.96. The Kier molecular flexibility index (Phi) is 5.42. The van der Waals surface area contributed by atoms with Gasteiger partial charge in [0.2, 0.25) is 0 Å². The molecule has 1 aliphatic rings. The van der Waals surface area contributed by atoms with E-state index < -0.39 is 0 Å². The maximum absolute atomic E-state index is 9.96. The van der Waals surface area contributed by atoms with Gasteiger partial charge in [-0.2, -0.15) is 0 Å². The number of esters is 1. The standard InChI is InChI=1S/C4H4O2.Br2/c5-4-2-1-3-6-4;1-2/h1,3H,2H2;. The summed E-state index contributed by atoms with van der Waals surface area (Å²) in [6.45, 7) is 0. The number of carbonyl (C=O) groups excluding carboxylic acids is 1. The number of halogens is 2. The quantitative estimate of drug-likeness (QED) is 0.610. The molecule has 2 nitrogen and oxygen atoms in total. The van der Waals surface area contributed by atoms with Gasteiger partial charge in [0.1, 0.15) is 0 Å². The molecule has 1 heterocycles. The van der Waals surface area contributed by atoms with Gasteiger partial charge in [0.25, 0.3) is 0 Å². The average molecular weight is 244 g/mol. The molecule has 4 heteroatoms. The summed E-state index contributed by atoms with van der Waals surface area (Å²) in [5, 5.41) is 0. The zero-order valence-electron chi connectivity index (χ0n) is 3.93. The van der Waals surface area contributed by atoms with Crippen molar-refractivity contribution in [3.8, 4) is 0 Å². The van der Waals surface area contributed by atoms with Crippen molar-refractivity contribution in [2.24, 2.45) is 0 Å². The molecule has 1 aliphatic heterocycles. The van der Waals surface area contributed by atoms with Gasteiger partial charge in [0, 0.05) is 28.3 Å². The Morgan fingerprint density at radius 1 is 1.62 bits per heavy atom. The normalized spacial score (nSPS) is 14.5. The van der Waals surface area contributed by atoms with E-state index in [0.717, 1.165) is 0 Å². The molecule has 0 atom stereocenters. The molecule has 0 aromatic carbocycles. The lowest BCUT2D eigenvalue weighted by Gasteiger charge is -1.78. The molecule has 0 N–H and O–H groups in total. The smallest absolute Gasteiger partial charge is 0.314 e. The van der Waals surface area contributed by atoms with E-state index in [1.54, 1.807) is 6.08 Å². The first-order valence-corrected chi connectivity index (χ1v) is 5.60. The second kappa shape index (κ2) is 5.31. The molecule has 0 fully saturated rings. The van der Waals surface area contributed by atoms with Gasteiger partial charge < -0.3 is 4.74 Å². The highest BCUT2D eigenvalue weighted by molar-refractivity contribution is 9.93. The second-order valence-corrected chi connectivity index (χ2v) is 1.07. The molecular weight excluding hydrogens is 240 g/mol. The Morgan fingerprint density at radius 2 is 2.25 bits per heavy atom. The maximum atomic E-state index is 9.96. The first kappa shape index (κ1) is 8.17. The zero-order valence-corrected chi connectivity index (χ0v) is 7.11. The van der Waals surface area contributed by atoms with Crippen molar-refractivity contribution < 1.29 is 9.53 Å². The summed E-state index contributed by atoms with van der Waals surface area (Å²) in [5.41, 5.74) is 0. The lowest BCUT2D eigenvalue weighted by Crippen LogP contribution is -1.87. The molecule has 0 unspecified atom stereocenters. The van der Waals surface area contributed by atoms with Crippen LogP contribution in [-0.2, 0) is 9.53 Å². The fourth-order valence-electron chi connectivity index (χ4n) is 0.316. The van der Waals surface area contributed by atoms with Crippen LogP contribution < -0.4 is 0 Å². The van der Waals surface area contributed by atoms with Crippen LogP contribution in [0.15, 0.2) is 12.3 Å². The minimum atomic E-state index is -0.157. The van der Waals surface area contributed by atoms with E-state index in [0.29, 0.717) is 6.42 Å². The molecule has 46 valence electrons. The van der Waals surface area contributed by atoms with E-state index in [1.807, 2.05) is 0 Å². The molecule has 0 amide bonds. The molecule has 8 heavy (non-hydrogen) atoms. The summed E-state index contributed by atoms with van der Waals surface area (Å²) < 4.78 is 4.33. The second-order valence-electron chi connectivity index (χ2n) is 1.07. The van der Waals surface area contributed by atoms with Gasteiger partial charge in [-0.15, -0.1) is 0 Å². The Bertz CT molecular complexity index is 90.2. The molecule has 0 bridgehead atoms. The number of cyclic esters (lactones) is 1. The third-order valence-corrected chi connectivity index (χ3v) is 0.580. The van der Waals surface area contributed by atoms with Crippen LogP contribution in [0.4, 0.5) is 0 Å². The van der Waals surface area contributed by atoms with Crippen LogP contribution in [0.3, 0.4) is 0 Å². The molecular formula is C4H4Br2O2. The van der Waals surface area contributed by atoms with Crippen molar-refractivity contribution in [2.75, 3.05) is 0 Å². The van der Waals surface area contributed by atoms with Gasteiger partial charge >= 0.3 is 5.97 Å². The summed E-state index contributed by atoms with van der Waals surface area (Å²) in [6, 6.07) is 0. The number of carbonyl (C=O) groups is 1. The Labute approximate surface area is 62.7 Å². The van der Waals surface area contributed by atoms with Crippen LogP contribution in [0.5, 0.6) is 0 Å². The first-order chi connectivity index (χ1) is 3.89. The van der Waals surface area contributed by atoms with Crippen LogP contribution in [0.1, 0.15) is 6.42 Å². The topological polar surface area (TPSA) is 26.3 Å². The van der Waals surface area contributed by atoms with E-state index in [4.69, 9.17) is 0 Å². The summed E-state index contributed by atoms with van der Waals surface area (Å²) in [7, 11) is 0. The van der Waals surface area contributed by atoms with Gasteiger partial charge in [-0.3, -0.25) is 4.79 Å². The van der Waals surface area contributed by atoms with E-state index >= 15 is 0 Å². The first-order valence-electron chi connectivity index (χ1n) is 1.88. The Hall–Kier alpha value is 0.170. The number of hydrogen-bond acceptors (Lipinski definition) is 2. The van der Waals surface area contributed by atoms with Gasteiger partial charge in [-0.25, -0.2) is 0 Å². The molecule has 0 saturated heterocycles.